The van der Waals surface area contributed by atoms with Gasteiger partial charge in [0, 0.05) is 35.6 Å². The Bertz CT molecular complexity index is 942. The van der Waals surface area contributed by atoms with Gasteiger partial charge in [-0.25, -0.2) is 0 Å². The molecular weight excluding hydrogens is 376 g/mol. The molecule has 2 aliphatic carbocycles. The van der Waals surface area contributed by atoms with Crippen LogP contribution in [0.1, 0.15) is 77.7 Å². The van der Waals surface area contributed by atoms with Gasteiger partial charge in [-0.3, -0.25) is 4.79 Å². The molecule has 3 heterocycles. The Balaban J connectivity index is 1.38. The van der Waals surface area contributed by atoms with Crippen LogP contribution in [-0.4, -0.2) is 44.7 Å². The van der Waals surface area contributed by atoms with Crippen molar-refractivity contribution >= 4 is 16.8 Å². The Morgan fingerprint density at radius 1 is 1.23 bits per heavy atom. The van der Waals surface area contributed by atoms with E-state index in [0.717, 1.165) is 54.3 Å². The van der Waals surface area contributed by atoms with Crippen LogP contribution in [0.4, 0.5) is 0 Å². The molecule has 2 N–H and O–H groups in total. The molecule has 4 fully saturated rings. The number of H-pyrrole nitrogens is 1. The fraction of sp³-hybridized carbons (Fsp3) is 0.640. The molecule has 0 radical (unpaired) electrons. The van der Waals surface area contributed by atoms with E-state index in [0.29, 0.717) is 6.42 Å². The van der Waals surface area contributed by atoms with Crippen molar-refractivity contribution < 1.29 is 14.6 Å². The molecule has 0 spiro atoms. The lowest BCUT2D eigenvalue weighted by Crippen LogP contribution is -2.68. The van der Waals surface area contributed by atoms with Gasteiger partial charge >= 0.3 is 0 Å². The van der Waals surface area contributed by atoms with Gasteiger partial charge in [-0.15, -0.1) is 0 Å². The number of nitrogens with zero attached hydrogens (tertiary/aromatic N) is 1. The molecule has 3 atom stereocenters. The van der Waals surface area contributed by atoms with Gasteiger partial charge < -0.3 is 19.7 Å². The number of piperidine rings is 2. The number of carbonyl (C=O) groups excluding carboxylic acids is 1. The van der Waals surface area contributed by atoms with Gasteiger partial charge in [-0.05, 0) is 75.0 Å². The Hall–Kier alpha value is -2.01. The van der Waals surface area contributed by atoms with E-state index in [2.05, 4.69) is 29.8 Å². The molecule has 3 unspecified atom stereocenters. The first kappa shape index (κ1) is 19.9. The lowest BCUT2D eigenvalue weighted by molar-refractivity contribution is -0.193. The second kappa shape index (κ2) is 6.74. The molecule has 6 rings (SSSR count). The molecule has 1 amide bonds. The first-order valence-corrected chi connectivity index (χ1v) is 11.5. The van der Waals surface area contributed by atoms with Gasteiger partial charge in [0.1, 0.15) is 5.75 Å². The van der Waals surface area contributed by atoms with Crippen molar-refractivity contribution in [2.24, 2.45) is 5.41 Å². The van der Waals surface area contributed by atoms with E-state index in [1.807, 2.05) is 32.2 Å². The third-order valence-electron chi connectivity index (χ3n) is 7.59. The molecule has 5 nitrogen and oxygen atoms in total. The van der Waals surface area contributed by atoms with Crippen molar-refractivity contribution in [1.82, 2.24) is 9.88 Å². The SMILES string of the molecule is CC(C)Oc1cccc2[nH]cc(C(C)CC(=O)N3C4CC5(C)CC3CC(O)(C4)C5)c12. The molecule has 2 aliphatic heterocycles. The number of aromatic nitrogens is 1. The summed E-state index contributed by atoms with van der Waals surface area (Å²) in [6.07, 6.45) is 7.09. The predicted octanol–water partition coefficient (Wildman–Crippen LogP) is 4.74. The Kier molecular flexibility index (Phi) is 4.48. The number of carbonyl (C=O) groups is 1. The normalized spacial score (nSPS) is 33.5. The van der Waals surface area contributed by atoms with Crippen molar-refractivity contribution in [1.29, 1.82) is 0 Å². The van der Waals surface area contributed by atoms with Crippen LogP contribution in [0.3, 0.4) is 0 Å². The first-order valence-electron chi connectivity index (χ1n) is 11.5. The number of aromatic amines is 1. The molecule has 1 aromatic carbocycles. The van der Waals surface area contributed by atoms with E-state index in [4.69, 9.17) is 4.74 Å². The lowest BCUT2D eigenvalue weighted by Gasteiger charge is -2.63. The summed E-state index contributed by atoms with van der Waals surface area (Å²) in [5.41, 5.74) is 1.84. The summed E-state index contributed by atoms with van der Waals surface area (Å²) >= 11 is 0. The summed E-state index contributed by atoms with van der Waals surface area (Å²) in [6.45, 7) is 8.50. The van der Waals surface area contributed by atoms with Crippen molar-refractivity contribution in [3.05, 3.63) is 30.0 Å². The lowest BCUT2D eigenvalue weighted by atomic mass is 9.54. The van der Waals surface area contributed by atoms with Crippen LogP contribution in [0.5, 0.6) is 5.75 Å². The number of amides is 1. The summed E-state index contributed by atoms with van der Waals surface area (Å²) in [7, 11) is 0. The maximum Gasteiger partial charge on any atom is 0.223 e. The minimum absolute atomic E-state index is 0.0963. The van der Waals surface area contributed by atoms with E-state index >= 15 is 0 Å². The fourth-order valence-electron chi connectivity index (χ4n) is 6.90. The van der Waals surface area contributed by atoms with Gasteiger partial charge in [-0.1, -0.05) is 19.9 Å². The zero-order valence-electron chi connectivity index (χ0n) is 18.6. The smallest absolute Gasteiger partial charge is 0.223 e. The molecule has 2 aromatic rings. The zero-order chi connectivity index (χ0) is 21.3. The van der Waals surface area contributed by atoms with Crippen LogP contribution in [0.25, 0.3) is 10.9 Å². The van der Waals surface area contributed by atoms with Crippen LogP contribution < -0.4 is 4.74 Å². The minimum atomic E-state index is -0.553. The number of nitrogens with one attached hydrogen (secondary N) is 1. The van der Waals surface area contributed by atoms with Gasteiger partial charge in [0.2, 0.25) is 5.91 Å². The molecular formula is C25H34N2O3. The van der Waals surface area contributed by atoms with E-state index in [-0.39, 0.29) is 35.4 Å². The molecule has 4 bridgehead atoms. The van der Waals surface area contributed by atoms with Crippen molar-refractivity contribution in [3.63, 3.8) is 0 Å². The van der Waals surface area contributed by atoms with E-state index in [9.17, 15) is 9.90 Å². The number of benzene rings is 1. The zero-order valence-corrected chi connectivity index (χ0v) is 18.6. The highest BCUT2D eigenvalue weighted by atomic mass is 16.5. The van der Waals surface area contributed by atoms with Crippen molar-refractivity contribution in [2.75, 3.05) is 0 Å². The second-order valence-electron chi connectivity index (χ2n) is 10.8. The molecule has 30 heavy (non-hydrogen) atoms. The Labute approximate surface area is 178 Å². The van der Waals surface area contributed by atoms with Gasteiger partial charge in [0.25, 0.3) is 0 Å². The number of fused-ring (bicyclic) bond motifs is 1. The summed E-state index contributed by atoms with van der Waals surface area (Å²) in [6, 6.07) is 6.47. The van der Waals surface area contributed by atoms with Gasteiger partial charge in [-0.2, -0.15) is 0 Å². The number of hydrogen-bond acceptors (Lipinski definition) is 3. The van der Waals surface area contributed by atoms with Crippen LogP contribution >= 0.6 is 0 Å². The minimum Gasteiger partial charge on any atom is -0.490 e. The van der Waals surface area contributed by atoms with E-state index in [1.54, 1.807) is 0 Å². The number of aliphatic hydroxyl groups is 1. The standard InChI is InChI=1S/C25H34N2O3/c1-15(2)30-21-7-5-6-20-23(21)19(13-26-20)16(3)8-22(28)27-17-9-24(4)10-18(27)12-25(29,11-17)14-24/h5-7,13,15-18,26,29H,8-12,14H2,1-4H3. The third-order valence-corrected chi connectivity index (χ3v) is 7.59. The molecule has 2 saturated carbocycles. The third kappa shape index (κ3) is 3.22. The maximum absolute atomic E-state index is 13.4. The molecule has 4 aliphatic rings. The highest BCUT2D eigenvalue weighted by molar-refractivity contribution is 5.90. The van der Waals surface area contributed by atoms with Crippen LogP contribution in [-0.2, 0) is 4.79 Å². The Morgan fingerprint density at radius 3 is 2.57 bits per heavy atom. The number of hydrogen-bond donors (Lipinski definition) is 2. The van der Waals surface area contributed by atoms with Crippen LogP contribution in [0, 0.1) is 5.41 Å². The summed E-state index contributed by atoms with van der Waals surface area (Å²) in [4.78, 5) is 19.0. The van der Waals surface area contributed by atoms with Gasteiger partial charge in [0.05, 0.1) is 11.7 Å². The molecule has 162 valence electrons. The molecule has 2 saturated heterocycles. The Morgan fingerprint density at radius 2 is 1.93 bits per heavy atom. The topological polar surface area (TPSA) is 65.6 Å². The summed E-state index contributed by atoms with van der Waals surface area (Å²) in [5.74, 6) is 1.21. The van der Waals surface area contributed by atoms with E-state index in [1.165, 1.54) is 0 Å². The fourth-order valence-corrected chi connectivity index (χ4v) is 6.90. The largest absolute Gasteiger partial charge is 0.490 e. The van der Waals surface area contributed by atoms with Crippen LogP contribution in [0.15, 0.2) is 24.4 Å². The highest BCUT2D eigenvalue weighted by Crippen LogP contribution is 2.57. The average Bonchev–Trinajstić information content (AvgIpc) is 3.03. The molecule has 1 aromatic heterocycles. The summed E-state index contributed by atoms with van der Waals surface area (Å²) in [5, 5.41) is 12.1. The van der Waals surface area contributed by atoms with Crippen molar-refractivity contribution in [3.8, 4) is 5.75 Å². The van der Waals surface area contributed by atoms with Crippen molar-refractivity contribution in [2.45, 2.75) is 95.9 Å². The number of rotatable bonds is 5. The molecule has 5 heteroatoms. The second-order valence-corrected chi connectivity index (χ2v) is 10.8. The quantitative estimate of drug-likeness (QED) is 0.748. The summed E-state index contributed by atoms with van der Waals surface area (Å²) < 4.78 is 6.05. The monoisotopic (exact) mass is 410 g/mol. The highest BCUT2D eigenvalue weighted by Gasteiger charge is 2.59. The predicted molar refractivity (Wildman–Crippen MR) is 118 cm³/mol. The van der Waals surface area contributed by atoms with Crippen LogP contribution in [0.2, 0.25) is 0 Å². The van der Waals surface area contributed by atoms with Gasteiger partial charge in [0.15, 0.2) is 0 Å². The maximum atomic E-state index is 13.4. The number of ether oxygens (including phenoxy) is 1. The van der Waals surface area contributed by atoms with E-state index < -0.39 is 5.60 Å². The first-order chi connectivity index (χ1) is 14.2. The average molecular weight is 411 g/mol.